The van der Waals surface area contributed by atoms with E-state index in [-0.39, 0.29) is 23.9 Å². The van der Waals surface area contributed by atoms with E-state index in [2.05, 4.69) is 10.0 Å². The molecule has 0 spiro atoms. The Labute approximate surface area is 100 Å². The molecule has 0 aromatic heterocycles. The zero-order valence-electron chi connectivity index (χ0n) is 9.43. The number of hydrogen-bond acceptors (Lipinski definition) is 4. The summed E-state index contributed by atoms with van der Waals surface area (Å²) in [5.41, 5.74) is 5.88. The van der Waals surface area contributed by atoms with E-state index < -0.39 is 10.0 Å². The maximum absolute atomic E-state index is 11.7. The van der Waals surface area contributed by atoms with Gasteiger partial charge in [0, 0.05) is 25.7 Å². The number of rotatable bonds is 5. The van der Waals surface area contributed by atoms with Crippen LogP contribution in [0.4, 0.5) is 5.69 Å². The Hall–Kier alpha value is -1.60. The highest BCUT2D eigenvalue weighted by atomic mass is 32.2. The standard InChI is InChI=1S/C10H15N3O3S/c1-8(14)12-5-6-13-17(15,16)10-4-2-3-9(11)7-10/h2-4,7,13H,5-6,11H2,1H3,(H,12,14). The summed E-state index contributed by atoms with van der Waals surface area (Å²) in [5, 5.41) is 2.49. The molecule has 94 valence electrons. The summed E-state index contributed by atoms with van der Waals surface area (Å²) in [6.07, 6.45) is 0. The molecule has 6 nitrogen and oxygen atoms in total. The smallest absolute Gasteiger partial charge is 0.240 e. The lowest BCUT2D eigenvalue weighted by Crippen LogP contribution is -2.33. The summed E-state index contributed by atoms with van der Waals surface area (Å²) in [6.45, 7) is 1.75. The average molecular weight is 257 g/mol. The molecule has 7 heteroatoms. The lowest BCUT2D eigenvalue weighted by atomic mass is 10.3. The lowest BCUT2D eigenvalue weighted by molar-refractivity contribution is -0.118. The molecule has 0 atom stereocenters. The van der Waals surface area contributed by atoms with Crippen molar-refractivity contribution in [2.45, 2.75) is 11.8 Å². The van der Waals surface area contributed by atoms with Gasteiger partial charge in [0.25, 0.3) is 0 Å². The number of benzene rings is 1. The van der Waals surface area contributed by atoms with Gasteiger partial charge in [-0.1, -0.05) is 6.07 Å². The Morgan fingerprint density at radius 1 is 1.35 bits per heavy atom. The first-order chi connectivity index (χ1) is 7.92. The van der Waals surface area contributed by atoms with Gasteiger partial charge in [-0.15, -0.1) is 0 Å². The molecule has 0 saturated heterocycles. The third-order valence-corrected chi connectivity index (χ3v) is 3.42. The van der Waals surface area contributed by atoms with Gasteiger partial charge < -0.3 is 11.1 Å². The Morgan fingerprint density at radius 3 is 2.65 bits per heavy atom. The summed E-state index contributed by atoms with van der Waals surface area (Å²) < 4.78 is 25.9. The number of amides is 1. The summed E-state index contributed by atoms with van der Waals surface area (Å²) in [6, 6.07) is 6.01. The van der Waals surface area contributed by atoms with Crippen LogP contribution in [-0.2, 0) is 14.8 Å². The maximum atomic E-state index is 11.7. The molecule has 17 heavy (non-hydrogen) atoms. The largest absolute Gasteiger partial charge is 0.399 e. The minimum Gasteiger partial charge on any atom is -0.399 e. The molecule has 4 N–H and O–H groups in total. The van der Waals surface area contributed by atoms with E-state index in [1.54, 1.807) is 12.1 Å². The molecule has 0 aliphatic carbocycles. The van der Waals surface area contributed by atoms with Crippen LogP contribution in [0.3, 0.4) is 0 Å². The first-order valence-corrected chi connectivity index (χ1v) is 6.50. The van der Waals surface area contributed by atoms with Gasteiger partial charge in [0.1, 0.15) is 0 Å². The second kappa shape index (κ2) is 5.65. The van der Waals surface area contributed by atoms with E-state index in [1.165, 1.54) is 19.1 Å². The van der Waals surface area contributed by atoms with Crippen LogP contribution in [0.25, 0.3) is 0 Å². The predicted octanol–water partition coefficient (Wildman–Crippen LogP) is -0.317. The van der Waals surface area contributed by atoms with Crippen molar-refractivity contribution in [1.29, 1.82) is 0 Å². The molecule has 0 bridgehead atoms. The van der Waals surface area contributed by atoms with Gasteiger partial charge in [0.05, 0.1) is 4.90 Å². The minimum atomic E-state index is -3.56. The number of hydrogen-bond donors (Lipinski definition) is 3. The quantitative estimate of drug-likeness (QED) is 0.497. The van der Waals surface area contributed by atoms with Crippen LogP contribution in [0, 0.1) is 0 Å². The van der Waals surface area contributed by atoms with Crippen LogP contribution in [0.15, 0.2) is 29.2 Å². The number of anilines is 1. The van der Waals surface area contributed by atoms with E-state index >= 15 is 0 Å². The molecule has 1 aromatic rings. The lowest BCUT2D eigenvalue weighted by Gasteiger charge is -2.07. The summed E-state index contributed by atoms with van der Waals surface area (Å²) >= 11 is 0. The molecule has 0 aliphatic heterocycles. The van der Waals surface area contributed by atoms with Crippen molar-refractivity contribution < 1.29 is 13.2 Å². The van der Waals surface area contributed by atoms with Gasteiger partial charge in [-0.3, -0.25) is 4.79 Å². The van der Waals surface area contributed by atoms with Crippen LogP contribution in [0.1, 0.15) is 6.92 Å². The Kier molecular flexibility index (Phi) is 4.47. The van der Waals surface area contributed by atoms with E-state index in [9.17, 15) is 13.2 Å². The van der Waals surface area contributed by atoms with Gasteiger partial charge in [-0.2, -0.15) is 0 Å². The predicted molar refractivity (Wildman–Crippen MR) is 64.7 cm³/mol. The van der Waals surface area contributed by atoms with Gasteiger partial charge >= 0.3 is 0 Å². The molecule has 1 amide bonds. The SMILES string of the molecule is CC(=O)NCCNS(=O)(=O)c1cccc(N)c1. The van der Waals surface area contributed by atoms with Crippen LogP contribution in [0.2, 0.25) is 0 Å². The fourth-order valence-corrected chi connectivity index (χ4v) is 2.28. The van der Waals surface area contributed by atoms with Crippen molar-refractivity contribution >= 4 is 21.6 Å². The molecule has 1 aromatic carbocycles. The zero-order chi connectivity index (χ0) is 12.9. The third-order valence-electron chi connectivity index (χ3n) is 1.96. The van der Waals surface area contributed by atoms with Gasteiger partial charge in [-0.05, 0) is 18.2 Å². The highest BCUT2D eigenvalue weighted by Gasteiger charge is 2.12. The number of nitrogens with one attached hydrogen (secondary N) is 2. The monoisotopic (exact) mass is 257 g/mol. The molecule has 1 rings (SSSR count). The van der Waals surface area contributed by atoms with Crippen molar-refractivity contribution in [2.75, 3.05) is 18.8 Å². The zero-order valence-corrected chi connectivity index (χ0v) is 10.3. The molecule has 0 saturated carbocycles. The first-order valence-electron chi connectivity index (χ1n) is 5.01. The minimum absolute atomic E-state index is 0.111. The number of carbonyl (C=O) groups is 1. The van der Waals surface area contributed by atoms with Crippen molar-refractivity contribution in [1.82, 2.24) is 10.0 Å². The Morgan fingerprint density at radius 2 is 2.06 bits per heavy atom. The number of nitrogens with two attached hydrogens (primary N) is 1. The normalized spacial score (nSPS) is 11.1. The van der Waals surface area contributed by atoms with E-state index in [0.29, 0.717) is 5.69 Å². The van der Waals surface area contributed by atoms with E-state index in [4.69, 9.17) is 5.73 Å². The van der Waals surface area contributed by atoms with Gasteiger partial charge in [0.15, 0.2) is 0 Å². The molecule has 0 heterocycles. The fourth-order valence-electron chi connectivity index (χ4n) is 1.19. The van der Waals surface area contributed by atoms with Crippen molar-refractivity contribution in [3.63, 3.8) is 0 Å². The van der Waals surface area contributed by atoms with E-state index in [1.807, 2.05) is 0 Å². The highest BCUT2D eigenvalue weighted by molar-refractivity contribution is 7.89. The number of nitrogen functional groups attached to an aromatic ring is 1. The highest BCUT2D eigenvalue weighted by Crippen LogP contribution is 2.11. The van der Waals surface area contributed by atoms with Gasteiger partial charge in [0.2, 0.25) is 15.9 Å². The molecule has 0 fully saturated rings. The summed E-state index contributed by atoms with van der Waals surface area (Å²) in [5.74, 6) is -0.201. The van der Waals surface area contributed by atoms with Crippen LogP contribution in [-0.4, -0.2) is 27.4 Å². The van der Waals surface area contributed by atoms with Crippen LogP contribution >= 0.6 is 0 Å². The molecule has 0 radical (unpaired) electrons. The Bertz CT molecular complexity index is 499. The fraction of sp³-hybridized carbons (Fsp3) is 0.300. The van der Waals surface area contributed by atoms with E-state index in [0.717, 1.165) is 0 Å². The van der Waals surface area contributed by atoms with Crippen molar-refractivity contribution in [2.24, 2.45) is 0 Å². The summed E-state index contributed by atoms with van der Waals surface area (Å²) in [4.78, 5) is 10.7. The molecular formula is C10H15N3O3S. The van der Waals surface area contributed by atoms with Crippen LogP contribution in [0.5, 0.6) is 0 Å². The second-order valence-electron chi connectivity index (χ2n) is 3.45. The Balaban J connectivity index is 2.60. The topological polar surface area (TPSA) is 101 Å². The summed E-state index contributed by atoms with van der Waals surface area (Å²) in [7, 11) is -3.56. The van der Waals surface area contributed by atoms with Crippen molar-refractivity contribution in [3.8, 4) is 0 Å². The third kappa shape index (κ3) is 4.41. The van der Waals surface area contributed by atoms with Crippen molar-refractivity contribution in [3.05, 3.63) is 24.3 Å². The molecule has 0 unspecified atom stereocenters. The second-order valence-corrected chi connectivity index (χ2v) is 5.22. The first kappa shape index (κ1) is 13.5. The maximum Gasteiger partial charge on any atom is 0.240 e. The number of sulfonamides is 1. The number of carbonyl (C=O) groups excluding carboxylic acids is 1. The molecular weight excluding hydrogens is 242 g/mol. The molecule has 0 aliphatic rings. The average Bonchev–Trinajstić information content (AvgIpc) is 2.24. The van der Waals surface area contributed by atoms with Crippen LogP contribution < -0.4 is 15.8 Å². The van der Waals surface area contributed by atoms with Gasteiger partial charge in [-0.25, -0.2) is 13.1 Å².